The smallest absolute Gasteiger partial charge is 0.269 e. The van der Waals surface area contributed by atoms with Crippen LogP contribution in [0.15, 0.2) is 42.0 Å². The molecule has 0 saturated carbocycles. The molecule has 0 saturated heterocycles. The van der Waals surface area contributed by atoms with Crippen molar-refractivity contribution < 1.29 is 13.6 Å². The molecule has 0 bridgehead atoms. The number of benzene rings is 1. The minimum absolute atomic E-state index is 0.127. The molecule has 0 unspecified atom stereocenters. The van der Waals surface area contributed by atoms with Gasteiger partial charge in [-0.05, 0) is 24.5 Å². The van der Waals surface area contributed by atoms with Gasteiger partial charge in [-0.25, -0.2) is 0 Å². The van der Waals surface area contributed by atoms with Gasteiger partial charge in [0.2, 0.25) is 0 Å². The van der Waals surface area contributed by atoms with E-state index in [1.807, 2.05) is 30.3 Å². The molecule has 1 aromatic carbocycles. The number of Topliss-reactive ketones (excluding diaryl/α,β-unsaturated/α-hetero) is 1. The van der Waals surface area contributed by atoms with Gasteiger partial charge < -0.3 is 0 Å². The molecule has 0 atom stereocenters. The topological polar surface area (TPSA) is 17.1 Å². The molecule has 0 aliphatic rings. The first-order valence-electron chi connectivity index (χ1n) is 5.16. The van der Waals surface area contributed by atoms with Crippen molar-refractivity contribution >= 4 is 5.78 Å². The number of hydrogen-bond donors (Lipinski definition) is 0. The Balaban J connectivity index is 2.40. The van der Waals surface area contributed by atoms with Gasteiger partial charge in [0.1, 0.15) is 5.78 Å². The lowest BCUT2D eigenvalue weighted by molar-refractivity contribution is -0.118. The molecule has 0 radical (unpaired) electrons. The lowest BCUT2D eigenvalue weighted by Crippen LogP contribution is -2.01. The van der Waals surface area contributed by atoms with Gasteiger partial charge in [0.05, 0.1) is 0 Å². The third-order valence-electron chi connectivity index (χ3n) is 2.32. The number of ketones is 1. The summed E-state index contributed by atoms with van der Waals surface area (Å²) in [4.78, 5) is 11.4. The maximum atomic E-state index is 12.1. The molecular formula is C13H14F2O. The third kappa shape index (κ3) is 4.34. The summed E-state index contributed by atoms with van der Waals surface area (Å²) in [6, 6.07) is 9.53. The second-order valence-corrected chi connectivity index (χ2v) is 3.74. The van der Waals surface area contributed by atoms with Crippen LogP contribution in [0.4, 0.5) is 8.78 Å². The number of carbonyl (C=O) groups excluding carboxylic acids is 1. The number of allylic oxidation sites excluding steroid dienone is 1. The highest BCUT2D eigenvalue weighted by atomic mass is 19.3. The number of rotatable bonds is 5. The summed E-state index contributed by atoms with van der Waals surface area (Å²) >= 11 is 0. The lowest BCUT2D eigenvalue weighted by Gasteiger charge is -2.01. The summed E-state index contributed by atoms with van der Waals surface area (Å²) in [5, 5.41) is 0. The number of carbonyl (C=O) groups is 1. The van der Waals surface area contributed by atoms with Gasteiger partial charge in [0.25, 0.3) is 6.08 Å². The standard InChI is InChI=1S/C13H14F2O/c1-10(13(14)15)9-12(16)8-7-11-5-3-2-4-6-11/h2-6H,7-9H2,1H3. The van der Waals surface area contributed by atoms with Crippen molar-refractivity contribution in [3.63, 3.8) is 0 Å². The van der Waals surface area contributed by atoms with Crippen LogP contribution in [-0.2, 0) is 11.2 Å². The van der Waals surface area contributed by atoms with Crippen molar-refractivity contribution in [3.8, 4) is 0 Å². The first-order valence-corrected chi connectivity index (χ1v) is 5.16. The van der Waals surface area contributed by atoms with Crippen LogP contribution in [0.2, 0.25) is 0 Å². The minimum Gasteiger partial charge on any atom is -0.299 e. The second-order valence-electron chi connectivity index (χ2n) is 3.74. The minimum atomic E-state index is -1.74. The normalized spacial score (nSPS) is 9.94. The van der Waals surface area contributed by atoms with Crippen LogP contribution in [0.1, 0.15) is 25.3 Å². The van der Waals surface area contributed by atoms with E-state index in [0.717, 1.165) is 5.56 Å². The van der Waals surface area contributed by atoms with Crippen LogP contribution in [0, 0.1) is 0 Å². The van der Waals surface area contributed by atoms with Gasteiger partial charge in [-0.2, -0.15) is 8.78 Å². The van der Waals surface area contributed by atoms with Crippen LogP contribution >= 0.6 is 0 Å². The predicted molar refractivity (Wildman–Crippen MR) is 59.3 cm³/mol. The maximum absolute atomic E-state index is 12.1. The Morgan fingerprint density at radius 2 is 1.81 bits per heavy atom. The van der Waals surface area contributed by atoms with Crippen molar-refractivity contribution in [2.45, 2.75) is 26.2 Å². The third-order valence-corrected chi connectivity index (χ3v) is 2.32. The Kier molecular flexibility index (Phi) is 4.83. The first kappa shape index (κ1) is 12.6. The van der Waals surface area contributed by atoms with Crippen molar-refractivity contribution in [1.82, 2.24) is 0 Å². The van der Waals surface area contributed by atoms with Crippen molar-refractivity contribution in [2.24, 2.45) is 0 Å². The Labute approximate surface area is 93.8 Å². The first-order chi connectivity index (χ1) is 7.59. The van der Waals surface area contributed by atoms with Crippen molar-refractivity contribution in [2.75, 3.05) is 0 Å². The van der Waals surface area contributed by atoms with Gasteiger partial charge in [-0.15, -0.1) is 0 Å². The predicted octanol–water partition coefficient (Wildman–Crippen LogP) is 3.75. The molecule has 0 spiro atoms. The molecule has 86 valence electrons. The molecule has 0 aromatic heterocycles. The highest BCUT2D eigenvalue weighted by molar-refractivity contribution is 5.80. The van der Waals surface area contributed by atoms with E-state index in [1.54, 1.807) is 0 Å². The van der Waals surface area contributed by atoms with Gasteiger partial charge in [-0.3, -0.25) is 4.79 Å². The van der Waals surface area contributed by atoms with E-state index in [2.05, 4.69) is 0 Å². The summed E-state index contributed by atoms with van der Waals surface area (Å²) in [5.41, 5.74) is 0.927. The van der Waals surface area contributed by atoms with Crippen LogP contribution in [0.25, 0.3) is 0 Å². The molecule has 0 aliphatic heterocycles. The summed E-state index contributed by atoms with van der Waals surface area (Å²) in [6.45, 7) is 1.29. The zero-order valence-electron chi connectivity index (χ0n) is 9.17. The SMILES string of the molecule is CC(CC(=O)CCc1ccccc1)=C(F)F. The fraction of sp³-hybridized carbons (Fsp3) is 0.308. The van der Waals surface area contributed by atoms with E-state index in [9.17, 15) is 13.6 Å². The second kappa shape index (κ2) is 6.16. The van der Waals surface area contributed by atoms with E-state index >= 15 is 0 Å². The molecule has 0 fully saturated rings. The van der Waals surface area contributed by atoms with E-state index in [0.29, 0.717) is 12.8 Å². The van der Waals surface area contributed by atoms with E-state index in [4.69, 9.17) is 0 Å². The zero-order chi connectivity index (χ0) is 12.0. The fourth-order valence-corrected chi connectivity index (χ4v) is 1.38. The van der Waals surface area contributed by atoms with Crippen molar-refractivity contribution in [3.05, 3.63) is 47.5 Å². The Bertz CT molecular complexity index is 378. The molecule has 0 N–H and O–H groups in total. The Morgan fingerprint density at radius 3 is 2.38 bits per heavy atom. The van der Waals surface area contributed by atoms with Crippen LogP contribution in [0.3, 0.4) is 0 Å². The quantitative estimate of drug-likeness (QED) is 0.744. The molecule has 0 amide bonds. The van der Waals surface area contributed by atoms with E-state index < -0.39 is 6.08 Å². The maximum Gasteiger partial charge on any atom is 0.269 e. The summed E-state index contributed by atoms with van der Waals surface area (Å²) in [7, 11) is 0. The molecule has 1 rings (SSSR count). The van der Waals surface area contributed by atoms with Gasteiger partial charge >= 0.3 is 0 Å². The molecule has 3 heteroatoms. The molecule has 16 heavy (non-hydrogen) atoms. The number of halogens is 2. The molecule has 0 heterocycles. The summed E-state index contributed by atoms with van der Waals surface area (Å²) in [6.07, 6.45) is -0.960. The number of hydrogen-bond acceptors (Lipinski definition) is 1. The highest BCUT2D eigenvalue weighted by Crippen LogP contribution is 2.13. The monoisotopic (exact) mass is 224 g/mol. The lowest BCUT2D eigenvalue weighted by atomic mass is 10.0. The molecule has 1 nitrogen and oxygen atoms in total. The summed E-state index contributed by atoms with van der Waals surface area (Å²) < 4.78 is 24.2. The number of aryl methyl sites for hydroxylation is 1. The van der Waals surface area contributed by atoms with Gasteiger partial charge in [0.15, 0.2) is 0 Å². The van der Waals surface area contributed by atoms with Crippen molar-refractivity contribution in [1.29, 1.82) is 0 Å². The Hall–Kier alpha value is -1.51. The average molecular weight is 224 g/mol. The molecule has 0 aliphatic carbocycles. The summed E-state index contributed by atoms with van der Waals surface area (Å²) in [5.74, 6) is -0.144. The van der Waals surface area contributed by atoms with Gasteiger partial charge in [0, 0.05) is 12.8 Å². The van der Waals surface area contributed by atoms with Crippen LogP contribution in [0.5, 0.6) is 0 Å². The molecular weight excluding hydrogens is 210 g/mol. The van der Waals surface area contributed by atoms with E-state index in [1.165, 1.54) is 6.92 Å². The highest BCUT2D eigenvalue weighted by Gasteiger charge is 2.07. The van der Waals surface area contributed by atoms with E-state index in [-0.39, 0.29) is 17.8 Å². The Morgan fingerprint density at radius 1 is 1.19 bits per heavy atom. The van der Waals surface area contributed by atoms with Crippen LogP contribution < -0.4 is 0 Å². The fourth-order valence-electron chi connectivity index (χ4n) is 1.38. The van der Waals surface area contributed by atoms with Gasteiger partial charge in [-0.1, -0.05) is 30.3 Å². The molecule has 1 aromatic rings. The largest absolute Gasteiger partial charge is 0.299 e. The van der Waals surface area contributed by atoms with Crippen LogP contribution in [-0.4, -0.2) is 5.78 Å². The zero-order valence-corrected chi connectivity index (χ0v) is 9.17. The average Bonchev–Trinajstić information content (AvgIpc) is 2.27.